The van der Waals surface area contributed by atoms with Gasteiger partial charge in [0.15, 0.2) is 0 Å². The molecule has 1 heterocycles. The molecule has 90 valence electrons. The standard InChI is InChI=1S/C13H28N2/c1-11-8-6-7-9-15(11)10-13(3,4)12(2)14-5/h11-12,14H,6-10H2,1-5H3. The molecule has 1 N–H and O–H groups in total. The van der Waals surface area contributed by atoms with Gasteiger partial charge in [0, 0.05) is 18.6 Å². The van der Waals surface area contributed by atoms with Crippen LogP contribution in [0.1, 0.15) is 47.0 Å². The smallest absolute Gasteiger partial charge is 0.00991 e. The molecule has 1 rings (SSSR count). The van der Waals surface area contributed by atoms with E-state index in [0.717, 1.165) is 6.04 Å². The summed E-state index contributed by atoms with van der Waals surface area (Å²) in [4.78, 5) is 2.66. The Hall–Kier alpha value is -0.0800. The minimum atomic E-state index is 0.361. The van der Waals surface area contributed by atoms with Gasteiger partial charge in [0.05, 0.1) is 0 Å². The van der Waals surface area contributed by atoms with E-state index in [1.165, 1.54) is 32.4 Å². The Kier molecular flexibility index (Phi) is 4.60. The van der Waals surface area contributed by atoms with Gasteiger partial charge >= 0.3 is 0 Å². The molecule has 1 aliphatic rings. The Labute approximate surface area is 95.4 Å². The monoisotopic (exact) mass is 212 g/mol. The minimum absolute atomic E-state index is 0.361. The van der Waals surface area contributed by atoms with Crippen LogP contribution in [0.5, 0.6) is 0 Å². The van der Waals surface area contributed by atoms with E-state index in [9.17, 15) is 0 Å². The van der Waals surface area contributed by atoms with Crippen molar-refractivity contribution in [3.63, 3.8) is 0 Å². The first-order valence-electron chi connectivity index (χ1n) is 6.38. The van der Waals surface area contributed by atoms with E-state index in [-0.39, 0.29) is 0 Å². The third-order valence-corrected chi connectivity index (χ3v) is 4.16. The summed E-state index contributed by atoms with van der Waals surface area (Å²) in [6.45, 7) is 11.9. The summed E-state index contributed by atoms with van der Waals surface area (Å²) in [7, 11) is 2.06. The molecule has 2 atom stereocenters. The van der Waals surface area contributed by atoms with Crippen molar-refractivity contribution in [3.05, 3.63) is 0 Å². The lowest BCUT2D eigenvalue weighted by Crippen LogP contribution is -2.49. The van der Waals surface area contributed by atoms with Crippen LogP contribution in [0.3, 0.4) is 0 Å². The van der Waals surface area contributed by atoms with Crippen LogP contribution in [0.25, 0.3) is 0 Å². The Morgan fingerprint density at radius 3 is 2.60 bits per heavy atom. The van der Waals surface area contributed by atoms with Crippen molar-refractivity contribution in [3.8, 4) is 0 Å². The number of nitrogens with zero attached hydrogens (tertiary/aromatic N) is 1. The van der Waals surface area contributed by atoms with E-state index >= 15 is 0 Å². The molecule has 0 bridgehead atoms. The predicted octanol–water partition coefficient (Wildman–Crippen LogP) is 2.49. The quantitative estimate of drug-likeness (QED) is 0.770. The lowest BCUT2D eigenvalue weighted by Gasteiger charge is -2.41. The van der Waals surface area contributed by atoms with Crippen LogP contribution in [0, 0.1) is 5.41 Å². The molecule has 1 aliphatic heterocycles. The predicted molar refractivity (Wildman–Crippen MR) is 67.2 cm³/mol. The van der Waals surface area contributed by atoms with E-state index in [2.05, 4.69) is 45.0 Å². The van der Waals surface area contributed by atoms with Crippen LogP contribution in [0.4, 0.5) is 0 Å². The van der Waals surface area contributed by atoms with Gasteiger partial charge in [-0.05, 0) is 45.7 Å². The summed E-state index contributed by atoms with van der Waals surface area (Å²) in [6.07, 6.45) is 4.18. The van der Waals surface area contributed by atoms with E-state index in [1.54, 1.807) is 0 Å². The van der Waals surface area contributed by atoms with Gasteiger partial charge in [-0.3, -0.25) is 0 Å². The van der Waals surface area contributed by atoms with Gasteiger partial charge in [-0.1, -0.05) is 20.3 Å². The number of hydrogen-bond donors (Lipinski definition) is 1. The fourth-order valence-corrected chi connectivity index (χ4v) is 2.44. The van der Waals surface area contributed by atoms with Gasteiger partial charge in [0.2, 0.25) is 0 Å². The highest BCUT2D eigenvalue weighted by molar-refractivity contribution is 4.85. The van der Waals surface area contributed by atoms with Crippen molar-refractivity contribution >= 4 is 0 Å². The van der Waals surface area contributed by atoms with Crippen LogP contribution in [-0.2, 0) is 0 Å². The second kappa shape index (κ2) is 5.31. The molecule has 0 aromatic rings. The van der Waals surface area contributed by atoms with Gasteiger partial charge in [-0.15, -0.1) is 0 Å². The molecule has 2 nitrogen and oxygen atoms in total. The summed E-state index contributed by atoms with van der Waals surface area (Å²) >= 11 is 0. The maximum absolute atomic E-state index is 3.38. The van der Waals surface area contributed by atoms with E-state index in [0.29, 0.717) is 11.5 Å². The van der Waals surface area contributed by atoms with Crippen molar-refractivity contribution < 1.29 is 0 Å². The van der Waals surface area contributed by atoms with E-state index in [4.69, 9.17) is 0 Å². The number of likely N-dealkylation sites (tertiary alicyclic amines) is 1. The molecular weight excluding hydrogens is 184 g/mol. The molecule has 2 heteroatoms. The van der Waals surface area contributed by atoms with Crippen molar-refractivity contribution in [2.75, 3.05) is 20.1 Å². The van der Waals surface area contributed by atoms with Crippen LogP contribution in [0.2, 0.25) is 0 Å². The van der Waals surface area contributed by atoms with Gasteiger partial charge in [-0.2, -0.15) is 0 Å². The highest BCUT2D eigenvalue weighted by atomic mass is 15.2. The summed E-state index contributed by atoms with van der Waals surface area (Å²) in [5, 5.41) is 3.38. The zero-order valence-electron chi connectivity index (χ0n) is 11.1. The Bertz CT molecular complexity index is 189. The normalized spacial score (nSPS) is 26.6. The largest absolute Gasteiger partial charge is 0.317 e. The topological polar surface area (TPSA) is 15.3 Å². The van der Waals surface area contributed by atoms with Gasteiger partial charge in [0.1, 0.15) is 0 Å². The zero-order chi connectivity index (χ0) is 11.5. The molecule has 2 unspecified atom stereocenters. The van der Waals surface area contributed by atoms with Crippen molar-refractivity contribution in [2.24, 2.45) is 5.41 Å². The Balaban J connectivity index is 2.51. The number of rotatable bonds is 4. The third-order valence-electron chi connectivity index (χ3n) is 4.16. The summed E-state index contributed by atoms with van der Waals surface area (Å²) in [5.74, 6) is 0. The molecule has 0 saturated carbocycles. The highest BCUT2D eigenvalue weighted by Crippen LogP contribution is 2.26. The lowest BCUT2D eigenvalue weighted by atomic mass is 9.83. The molecule has 0 aromatic heterocycles. The Morgan fingerprint density at radius 1 is 1.40 bits per heavy atom. The van der Waals surface area contributed by atoms with Gasteiger partial charge in [0.25, 0.3) is 0 Å². The van der Waals surface area contributed by atoms with Crippen molar-refractivity contribution in [1.29, 1.82) is 0 Å². The molecule has 0 aliphatic carbocycles. The maximum Gasteiger partial charge on any atom is 0.00991 e. The lowest BCUT2D eigenvalue weighted by molar-refractivity contribution is 0.0883. The van der Waals surface area contributed by atoms with Crippen LogP contribution in [-0.4, -0.2) is 37.1 Å². The van der Waals surface area contributed by atoms with Crippen molar-refractivity contribution in [1.82, 2.24) is 10.2 Å². The molecular formula is C13H28N2. The second-order valence-electron chi connectivity index (χ2n) is 5.81. The first-order valence-corrected chi connectivity index (χ1v) is 6.38. The van der Waals surface area contributed by atoms with Crippen LogP contribution in [0.15, 0.2) is 0 Å². The molecule has 15 heavy (non-hydrogen) atoms. The highest BCUT2D eigenvalue weighted by Gasteiger charge is 2.30. The molecule has 1 saturated heterocycles. The number of nitrogens with one attached hydrogen (secondary N) is 1. The van der Waals surface area contributed by atoms with Gasteiger partial charge < -0.3 is 10.2 Å². The summed E-state index contributed by atoms with van der Waals surface area (Å²) in [5.41, 5.74) is 0.361. The second-order valence-corrected chi connectivity index (χ2v) is 5.81. The van der Waals surface area contributed by atoms with Gasteiger partial charge in [-0.25, -0.2) is 0 Å². The van der Waals surface area contributed by atoms with Crippen LogP contribution >= 0.6 is 0 Å². The molecule has 1 fully saturated rings. The van der Waals surface area contributed by atoms with Crippen LogP contribution < -0.4 is 5.32 Å². The summed E-state index contributed by atoms with van der Waals surface area (Å²) in [6, 6.07) is 1.36. The first-order chi connectivity index (χ1) is 6.97. The third kappa shape index (κ3) is 3.46. The average molecular weight is 212 g/mol. The maximum atomic E-state index is 3.38. The minimum Gasteiger partial charge on any atom is -0.317 e. The first kappa shape index (κ1) is 13.0. The Morgan fingerprint density at radius 2 is 2.07 bits per heavy atom. The zero-order valence-corrected chi connectivity index (χ0v) is 11.1. The fourth-order valence-electron chi connectivity index (χ4n) is 2.44. The van der Waals surface area contributed by atoms with E-state index in [1.807, 2.05) is 0 Å². The molecule has 0 amide bonds. The van der Waals surface area contributed by atoms with E-state index < -0.39 is 0 Å². The van der Waals surface area contributed by atoms with Crippen molar-refractivity contribution in [2.45, 2.75) is 59.0 Å². The molecule has 0 spiro atoms. The fraction of sp³-hybridized carbons (Fsp3) is 1.00. The average Bonchev–Trinajstić information content (AvgIpc) is 2.20. The molecule has 0 aromatic carbocycles. The summed E-state index contributed by atoms with van der Waals surface area (Å²) < 4.78 is 0. The number of hydrogen-bond acceptors (Lipinski definition) is 2. The number of piperidine rings is 1. The SMILES string of the molecule is CNC(C)C(C)(C)CN1CCCCC1C. The molecule has 0 radical (unpaired) electrons.